The summed E-state index contributed by atoms with van der Waals surface area (Å²) in [5, 5.41) is 26.8. The molecule has 0 radical (unpaired) electrons. The van der Waals surface area contributed by atoms with Crippen LogP contribution in [0.25, 0.3) is 0 Å². The number of amides is 1. The summed E-state index contributed by atoms with van der Waals surface area (Å²) < 4.78 is 11.2. The maximum atomic E-state index is 12.6. The highest BCUT2D eigenvalue weighted by atomic mass is 79.9. The summed E-state index contributed by atoms with van der Waals surface area (Å²) in [5.74, 6) is -0.471. The predicted octanol–water partition coefficient (Wildman–Crippen LogP) is 3.37. The van der Waals surface area contributed by atoms with Crippen molar-refractivity contribution < 1.29 is 24.3 Å². The molecule has 0 unspecified atom stereocenters. The topological polar surface area (TPSA) is 126 Å². The van der Waals surface area contributed by atoms with Crippen LogP contribution in [0.5, 0.6) is 17.2 Å². The average molecular weight is 485 g/mol. The second kappa shape index (κ2) is 10.2. The van der Waals surface area contributed by atoms with E-state index in [2.05, 4.69) is 26.5 Å². The molecule has 0 fully saturated rings. The van der Waals surface area contributed by atoms with Gasteiger partial charge in [0.25, 0.3) is 5.69 Å². The minimum Gasteiger partial charge on any atom is -0.871 e. The van der Waals surface area contributed by atoms with Crippen LogP contribution >= 0.6 is 15.9 Å². The largest absolute Gasteiger partial charge is 0.871 e. The molecule has 0 aliphatic heterocycles. The van der Waals surface area contributed by atoms with Crippen molar-refractivity contribution in [2.75, 3.05) is 0 Å². The molecule has 0 heterocycles. The standard InChI is InChI=1S/C21H16BrN3O6/c22-18-12-15(25(28)29)11-14(19(18)26)13-23-24-20(27)21(30-16-7-3-1-4-8-16)31-17-9-5-2-6-10-17/h1-13,21,26H,(H,24,27)/p-1/b23-13-. The molecule has 0 saturated carbocycles. The fraction of sp³-hybridized carbons (Fsp3) is 0.0476. The lowest BCUT2D eigenvalue weighted by Crippen LogP contribution is -2.40. The Kier molecular flexibility index (Phi) is 7.17. The Morgan fingerprint density at radius 3 is 2.10 bits per heavy atom. The normalized spacial score (nSPS) is 10.8. The summed E-state index contributed by atoms with van der Waals surface area (Å²) in [7, 11) is 0. The fourth-order valence-electron chi connectivity index (χ4n) is 2.40. The Hall–Kier alpha value is -3.92. The van der Waals surface area contributed by atoms with Crippen molar-refractivity contribution in [3.05, 3.63) is 92.9 Å². The van der Waals surface area contributed by atoms with Gasteiger partial charge in [0, 0.05) is 16.6 Å². The lowest BCUT2D eigenvalue weighted by atomic mass is 10.2. The van der Waals surface area contributed by atoms with E-state index < -0.39 is 22.9 Å². The molecular weight excluding hydrogens is 470 g/mol. The van der Waals surface area contributed by atoms with Crippen LogP contribution in [0.3, 0.4) is 0 Å². The van der Waals surface area contributed by atoms with Crippen LogP contribution in [0.2, 0.25) is 0 Å². The number of non-ortho nitro benzene ring substituents is 1. The highest BCUT2D eigenvalue weighted by molar-refractivity contribution is 9.10. The first kappa shape index (κ1) is 21.8. The maximum Gasteiger partial charge on any atom is 0.323 e. The van der Waals surface area contributed by atoms with Crippen molar-refractivity contribution >= 4 is 33.7 Å². The zero-order valence-electron chi connectivity index (χ0n) is 15.8. The van der Waals surface area contributed by atoms with Crippen molar-refractivity contribution in [2.45, 2.75) is 6.29 Å². The number of ether oxygens (including phenoxy) is 2. The lowest BCUT2D eigenvalue weighted by molar-refractivity contribution is -0.385. The quantitative estimate of drug-likeness (QED) is 0.226. The van der Waals surface area contributed by atoms with E-state index >= 15 is 0 Å². The number of benzene rings is 3. The Labute approximate surface area is 185 Å². The van der Waals surface area contributed by atoms with Gasteiger partial charge in [-0.15, -0.1) is 0 Å². The van der Waals surface area contributed by atoms with Gasteiger partial charge in [0.1, 0.15) is 11.5 Å². The number of carbonyl (C=O) groups is 1. The molecule has 0 atom stereocenters. The number of para-hydroxylation sites is 2. The van der Waals surface area contributed by atoms with Gasteiger partial charge in [0.15, 0.2) is 0 Å². The molecule has 3 aromatic carbocycles. The van der Waals surface area contributed by atoms with Crippen molar-refractivity contribution in [3.63, 3.8) is 0 Å². The molecule has 0 aromatic heterocycles. The Balaban J connectivity index is 1.76. The molecule has 1 N–H and O–H groups in total. The van der Waals surface area contributed by atoms with E-state index in [0.717, 1.165) is 18.3 Å². The third kappa shape index (κ3) is 6.03. The average Bonchev–Trinajstić information content (AvgIpc) is 2.77. The zero-order valence-corrected chi connectivity index (χ0v) is 17.4. The lowest BCUT2D eigenvalue weighted by Gasteiger charge is -2.19. The van der Waals surface area contributed by atoms with Crippen LogP contribution in [0.1, 0.15) is 5.56 Å². The molecular formula is C21H15BrN3O6-. The molecule has 0 bridgehead atoms. The number of nitro groups is 1. The number of halogens is 1. The van der Waals surface area contributed by atoms with Crippen molar-refractivity contribution in [2.24, 2.45) is 5.10 Å². The van der Waals surface area contributed by atoms with Gasteiger partial charge in [-0.2, -0.15) is 5.10 Å². The van der Waals surface area contributed by atoms with Crippen LogP contribution in [0, 0.1) is 10.1 Å². The van der Waals surface area contributed by atoms with Gasteiger partial charge in [0.05, 0.1) is 11.1 Å². The molecule has 10 heteroatoms. The van der Waals surface area contributed by atoms with Crippen molar-refractivity contribution in [1.29, 1.82) is 0 Å². The minimum absolute atomic E-state index is 0.00664. The highest BCUT2D eigenvalue weighted by Gasteiger charge is 2.22. The predicted molar refractivity (Wildman–Crippen MR) is 114 cm³/mol. The molecule has 9 nitrogen and oxygen atoms in total. The summed E-state index contributed by atoms with van der Waals surface area (Å²) in [6.07, 6.45) is -0.370. The molecule has 0 aliphatic rings. The SMILES string of the molecule is O=C(N/N=C\c1cc([N+](=O)[O-])cc(Br)c1[O-])C(Oc1ccccc1)Oc1ccccc1. The van der Waals surface area contributed by atoms with Gasteiger partial charge in [-0.05, 0) is 29.8 Å². The number of nitrogens with zero attached hydrogens (tertiary/aromatic N) is 2. The van der Waals surface area contributed by atoms with Gasteiger partial charge in [-0.3, -0.25) is 14.9 Å². The summed E-state index contributed by atoms with van der Waals surface area (Å²) >= 11 is 2.98. The summed E-state index contributed by atoms with van der Waals surface area (Å²) in [6, 6.07) is 19.3. The smallest absolute Gasteiger partial charge is 0.323 e. The number of hydrogen-bond acceptors (Lipinski definition) is 7. The molecule has 31 heavy (non-hydrogen) atoms. The summed E-state index contributed by atoms with van der Waals surface area (Å²) in [5.41, 5.74) is 1.85. The number of carbonyl (C=O) groups excluding carboxylic acids is 1. The first-order valence-corrected chi connectivity index (χ1v) is 9.64. The Morgan fingerprint density at radius 1 is 1.03 bits per heavy atom. The number of hydrogen-bond donors (Lipinski definition) is 1. The van der Waals surface area contributed by atoms with E-state index in [1.54, 1.807) is 60.7 Å². The van der Waals surface area contributed by atoms with E-state index in [9.17, 15) is 20.0 Å². The third-order valence-corrected chi connectivity index (χ3v) is 4.42. The molecule has 0 saturated heterocycles. The van der Waals surface area contributed by atoms with Gasteiger partial charge < -0.3 is 14.6 Å². The number of nitrogens with one attached hydrogen (secondary N) is 1. The first-order chi connectivity index (χ1) is 14.9. The second-order valence-electron chi connectivity index (χ2n) is 6.03. The molecule has 0 spiro atoms. The van der Waals surface area contributed by atoms with Gasteiger partial charge in [-0.25, -0.2) is 5.43 Å². The van der Waals surface area contributed by atoms with Crippen LogP contribution in [0.4, 0.5) is 5.69 Å². The summed E-state index contributed by atoms with van der Waals surface area (Å²) in [4.78, 5) is 22.9. The van der Waals surface area contributed by atoms with Gasteiger partial charge >= 0.3 is 12.2 Å². The molecule has 3 rings (SSSR count). The van der Waals surface area contributed by atoms with E-state index in [0.29, 0.717) is 11.5 Å². The number of hydrazone groups is 1. The van der Waals surface area contributed by atoms with E-state index in [1.807, 2.05) is 0 Å². The molecule has 1 amide bonds. The third-order valence-electron chi connectivity index (χ3n) is 3.83. The first-order valence-electron chi connectivity index (χ1n) is 8.85. The minimum atomic E-state index is -1.38. The Morgan fingerprint density at radius 2 is 1.58 bits per heavy atom. The fourth-order valence-corrected chi connectivity index (χ4v) is 2.86. The zero-order chi connectivity index (χ0) is 22.2. The van der Waals surface area contributed by atoms with Crippen LogP contribution in [-0.4, -0.2) is 23.3 Å². The second-order valence-corrected chi connectivity index (χ2v) is 6.89. The van der Waals surface area contributed by atoms with Crippen LogP contribution in [0.15, 0.2) is 82.4 Å². The van der Waals surface area contributed by atoms with Gasteiger partial charge in [0.2, 0.25) is 0 Å². The van der Waals surface area contributed by atoms with Crippen LogP contribution in [-0.2, 0) is 4.79 Å². The van der Waals surface area contributed by atoms with E-state index in [-0.39, 0.29) is 15.7 Å². The van der Waals surface area contributed by atoms with Crippen molar-refractivity contribution in [3.8, 4) is 17.2 Å². The maximum absolute atomic E-state index is 12.6. The van der Waals surface area contributed by atoms with Crippen LogP contribution < -0.4 is 20.0 Å². The molecule has 0 aliphatic carbocycles. The van der Waals surface area contributed by atoms with Crippen molar-refractivity contribution in [1.82, 2.24) is 5.43 Å². The van der Waals surface area contributed by atoms with E-state index in [1.165, 1.54) is 0 Å². The van der Waals surface area contributed by atoms with Gasteiger partial charge in [-0.1, -0.05) is 58.1 Å². The van der Waals surface area contributed by atoms with E-state index in [4.69, 9.17) is 9.47 Å². The molecule has 3 aromatic rings. The Bertz CT molecular complexity index is 1050. The number of nitro benzene ring substituents is 1. The monoisotopic (exact) mass is 484 g/mol. The molecule has 158 valence electrons. The highest BCUT2D eigenvalue weighted by Crippen LogP contribution is 2.29. The summed E-state index contributed by atoms with van der Waals surface area (Å²) in [6.45, 7) is 0. The number of rotatable bonds is 8.